The number of nitrogens with zero attached hydrogens (tertiary/aromatic N) is 4. The Morgan fingerprint density at radius 1 is 1.24 bits per heavy atom. The van der Waals surface area contributed by atoms with Gasteiger partial charge in [0, 0.05) is 44.3 Å². The topological polar surface area (TPSA) is 89.4 Å². The molecule has 0 aliphatic carbocycles. The van der Waals surface area contributed by atoms with Crippen LogP contribution in [0.4, 0.5) is 5.95 Å². The van der Waals surface area contributed by atoms with Gasteiger partial charge in [0.2, 0.25) is 5.95 Å². The number of carbonyl (C=O) groups excluding carboxylic acids is 1. The van der Waals surface area contributed by atoms with E-state index in [1.165, 1.54) is 0 Å². The second kappa shape index (κ2) is 8.73. The van der Waals surface area contributed by atoms with Gasteiger partial charge in [-0.05, 0) is 50.3 Å². The van der Waals surface area contributed by atoms with E-state index in [4.69, 9.17) is 4.74 Å². The van der Waals surface area contributed by atoms with Crippen LogP contribution in [0.2, 0.25) is 0 Å². The fourth-order valence-electron chi connectivity index (χ4n) is 4.03. The molecule has 2 aromatic heterocycles. The lowest BCUT2D eigenvalue weighted by atomic mass is 10.0. The lowest BCUT2D eigenvalue weighted by Gasteiger charge is -2.32. The van der Waals surface area contributed by atoms with Crippen molar-refractivity contribution in [2.24, 2.45) is 0 Å². The zero-order valence-electron chi connectivity index (χ0n) is 16.7. The van der Waals surface area contributed by atoms with E-state index in [1.807, 2.05) is 13.0 Å². The summed E-state index contributed by atoms with van der Waals surface area (Å²) in [6.45, 7) is 4.58. The van der Waals surface area contributed by atoms with E-state index in [0.717, 1.165) is 45.4 Å². The van der Waals surface area contributed by atoms with Crippen LogP contribution in [0.5, 0.6) is 0 Å². The molecule has 1 atom stereocenters. The Bertz CT molecular complexity index is 900. The van der Waals surface area contributed by atoms with E-state index < -0.39 is 0 Å². The Morgan fingerprint density at radius 2 is 2.00 bits per heavy atom. The minimum Gasteiger partial charge on any atom is -0.376 e. The number of aryl methyl sites for hydroxylation is 1. The molecule has 1 amide bonds. The maximum atomic E-state index is 12.9. The van der Waals surface area contributed by atoms with Gasteiger partial charge in [0.1, 0.15) is 5.56 Å². The number of hydrogen-bond donors (Lipinski definition) is 1. The molecule has 1 unspecified atom stereocenters. The van der Waals surface area contributed by atoms with Gasteiger partial charge in [-0.1, -0.05) is 0 Å². The molecule has 2 aromatic rings. The van der Waals surface area contributed by atoms with E-state index in [2.05, 4.69) is 20.2 Å². The van der Waals surface area contributed by atoms with Gasteiger partial charge < -0.3 is 19.5 Å². The summed E-state index contributed by atoms with van der Waals surface area (Å²) in [6.07, 6.45) is 8.83. The fraction of sp³-hybridized carbons (Fsp3) is 0.524. The fourth-order valence-corrected chi connectivity index (χ4v) is 4.03. The average Bonchev–Trinajstić information content (AvgIpc) is 3.25. The number of piperidine rings is 1. The number of pyridine rings is 1. The third kappa shape index (κ3) is 4.48. The quantitative estimate of drug-likeness (QED) is 0.823. The largest absolute Gasteiger partial charge is 0.376 e. The van der Waals surface area contributed by atoms with Gasteiger partial charge in [-0.3, -0.25) is 9.59 Å². The highest BCUT2D eigenvalue weighted by atomic mass is 16.5. The lowest BCUT2D eigenvalue weighted by molar-refractivity contribution is 0.0914. The molecule has 2 fully saturated rings. The predicted octanol–water partition coefficient (Wildman–Crippen LogP) is 1.52. The highest BCUT2D eigenvalue weighted by Gasteiger charge is 2.25. The molecule has 1 N–H and O–H groups in total. The first-order valence-corrected chi connectivity index (χ1v) is 10.3. The summed E-state index contributed by atoms with van der Waals surface area (Å²) in [4.78, 5) is 36.5. The van der Waals surface area contributed by atoms with E-state index in [0.29, 0.717) is 18.1 Å². The molecule has 0 radical (unpaired) electrons. The Kier molecular flexibility index (Phi) is 5.89. The van der Waals surface area contributed by atoms with Crippen LogP contribution in [0.1, 0.15) is 41.6 Å². The Balaban J connectivity index is 1.40. The number of anilines is 1. The third-order valence-electron chi connectivity index (χ3n) is 5.69. The number of rotatable bonds is 5. The summed E-state index contributed by atoms with van der Waals surface area (Å²) in [5, 5.41) is 3.06. The molecule has 0 bridgehead atoms. The summed E-state index contributed by atoms with van der Waals surface area (Å²) < 4.78 is 7.24. The van der Waals surface area contributed by atoms with Gasteiger partial charge in [-0.25, -0.2) is 9.97 Å². The molecule has 2 aliphatic rings. The predicted molar refractivity (Wildman–Crippen MR) is 109 cm³/mol. The maximum absolute atomic E-state index is 12.9. The third-order valence-corrected chi connectivity index (χ3v) is 5.69. The molecule has 0 saturated carbocycles. The molecule has 154 valence electrons. The second-order valence-electron chi connectivity index (χ2n) is 7.75. The lowest BCUT2D eigenvalue weighted by Crippen LogP contribution is -2.46. The van der Waals surface area contributed by atoms with Gasteiger partial charge in [-0.2, -0.15) is 0 Å². The SMILES string of the molecule is Cc1ccn(CC2CCCO2)c(=O)c1C(=O)NC1CCN(c2ncccn2)CC1. The molecule has 8 nitrogen and oxygen atoms in total. The monoisotopic (exact) mass is 397 g/mol. The van der Waals surface area contributed by atoms with Crippen molar-refractivity contribution in [3.05, 3.63) is 52.2 Å². The summed E-state index contributed by atoms with van der Waals surface area (Å²) in [5.41, 5.74) is 0.693. The summed E-state index contributed by atoms with van der Waals surface area (Å²) >= 11 is 0. The van der Waals surface area contributed by atoms with Crippen LogP contribution in [0.15, 0.2) is 35.5 Å². The first-order valence-electron chi connectivity index (χ1n) is 10.3. The minimum atomic E-state index is -0.288. The molecular weight excluding hydrogens is 370 g/mol. The number of nitrogens with one attached hydrogen (secondary N) is 1. The van der Waals surface area contributed by atoms with Crippen molar-refractivity contribution in [3.8, 4) is 0 Å². The van der Waals surface area contributed by atoms with Crippen molar-refractivity contribution < 1.29 is 9.53 Å². The standard InChI is InChI=1S/C21H27N5O3/c1-15-5-10-26(14-17-4-2-13-29-17)20(28)18(15)19(27)24-16-6-11-25(12-7-16)21-22-8-3-9-23-21/h3,5,8-10,16-17H,2,4,6-7,11-14H2,1H3,(H,24,27). The molecule has 0 spiro atoms. The molecular formula is C21H27N5O3. The van der Waals surface area contributed by atoms with Gasteiger partial charge in [0.25, 0.3) is 11.5 Å². The van der Waals surface area contributed by atoms with Crippen molar-refractivity contribution in [2.45, 2.75) is 51.3 Å². The molecule has 2 aliphatic heterocycles. The molecule has 0 aromatic carbocycles. The van der Waals surface area contributed by atoms with Crippen molar-refractivity contribution in [2.75, 3.05) is 24.6 Å². The van der Waals surface area contributed by atoms with E-state index >= 15 is 0 Å². The second-order valence-corrected chi connectivity index (χ2v) is 7.75. The first-order chi connectivity index (χ1) is 14.1. The van der Waals surface area contributed by atoms with Gasteiger partial charge in [-0.15, -0.1) is 0 Å². The van der Waals surface area contributed by atoms with Crippen molar-refractivity contribution in [1.29, 1.82) is 0 Å². The highest BCUT2D eigenvalue weighted by molar-refractivity contribution is 5.95. The zero-order chi connectivity index (χ0) is 20.2. The van der Waals surface area contributed by atoms with E-state index in [-0.39, 0.29) is 29.2 Å². The molecule has 8 heteroatoms. The number of hydrogen-bond acceptors (Lipinski definition) is 6. The molecule has 4 rings (SSSR count). The van der Waals surface area contributed by atoms with Crippen LogP contribution in [-0.4, -0.2) is 52.3 Å². The molecule has 4 heterocycles. The number of aromatic nitrogens is 3. The zero-order valence-corrected chi connectivity index (χ0v) is 16.7. The number of carbonyl (C=O) groups is 1. The van der Waals surface area contributed by atoms with E-state index in [1.54, 1.807) is 29.2 Å². The van der Waals surface area contributed by atoms with Crippen molar-refractivity contribution in [1.82, 2.24) is 19.9 Å². The first kappa shape index (κ1) is 19.6. The van der Waals surface area contributed by atoms with Crippen molar-refractivity contribution in [3.63, 3.8) is 0 Å². The van der Waals surface area contributed by atoms with Crippen LogP contribution in [0.3, 0.4) is 0 Å². The van der Waals surface area contributed by atoms with Gasteiger partial charge in [0.15, 0.2) is 0 Å². The van der Waals surface area contributed by atoms with Gasteiger partial charge >= 0.3 is 0 Å². The normalized spacial score (nSPS) is 20.0. The maximum Gasteiger partial charge on any atom is 0.263 e. The summed E-state index contributed by atoms with van der Waals surface area (Å²) in [6, 6.07) is 3.67. The van der Waals surface area contributed by atoms with Crippen LogP contribution >= 0.6 is 0 Å². The Morgan fingerprint density at radius 3 is 2.69 bits per heavy atom. The van der Waals surface area contributed by atoms with Crippen LogP contribution in [0.25, 0.3) is 0 Å². The summed E-state index contributed by atoms with van der Waals surface area (Å²) in [7, 11) is 0. The number of amides is 1. The highest BCUT2D eigenvalue weighted by Crippen LogP contribution is 2.16. The number of ether oxygens (including phenoxy) is 1. The molecule has 2 saturated heterocycles. The average molecular weight is 397 g/mol. The van der Waals surface area contributed by atoms with Crippen molar-refractivity contribution >= 4 is 11.9 Å². The van der Waals surface area contributed by atoms with Crippen LogP contribution in [-0.2, 0) is 11.3 Å². The summed E-state index contributed by atoms with van der Waals surface area (Å²) in [5.74, 6) is 0.428. The van der Waals surface area contributed by atoms with Crippen LogP contribution < -0.4 is 15.8 Å². The van der Waals surface area contributed by atoms with E-state index in [9.17, 15) is 9.59 Å². The van der Waals surface area contributed by atoms with Crippen LogP contribution in [0, 0.1) is 6.92 Å². The Hall–Kier alpha value is -2.74. The molecule has 29 heavy (non-hydrogen) atoms. The smallest absolute Gasteiger partial charge is 0.263 e. The Labute approximate surface area is 169 Å². The van der Waals surface area contributed by atoms with Gasteiger partial charge in [0.05, 0.1) is 12.6 Å². The minimum absolute atomic E-state index is 0.0353.